The van der Waals surface area contributed by atoms with Gasteiger partial charge in [0.1, 0.15) is 0 Å². The van der Waals surface area contributed by atoms with Crippen LogP contribution in [0.1, 0.15) is 29.5 Å². The van der Waals surface area contributed by atoms with Gasteiger partial charge in [-0.25, -0.2) is 4.79 Å². The molecule has 1 fully saturated rings. The van der Waals surface area contributed by atoms with Crippen molar-refractivity contribution in [3.63, 3.8) is 0 Å². The summed E-state index contributed by atoms with van der Waals surface area (Å²) in [7, 11) is 1.97. The molecule has 2 N–H and O–H groups in total. The van der Waals surface area contributed by atoms with Crippen molar-refractivity contribution in [1.29, 1.82) is 5.26 Å². The number of benzene rings is 2. The third kappa shape index (κ3) is 4.31. The number of nitrogens with one attached hydrogen (secondary N) is 2. The molecule has 8 nitrogen and oxygen atoms in total. The van der Waals surface area contributed by atoms with Crippen molar-refractivity contribution in [2.45, 2.75) is 25.4 Å². The predicted molar refractivity (Wildman–Crippen MR) is 112 cm³/mol. The summed E-state index contributed by atoms with van der Waals surface area (Å²) >= 11 is 0. The van der Waals surface area contributed by atoms with Crippen LogP contribution in [0.5, 0.6) is 0 Å². The molecule has 0 radical (unpaired) electrons. The van der Waals surface area contributed by atoms with Crippen LogP contribution in [0.25, 0.3) is 11.4 Å². The number of likely N-dealkylation sites (tertiary alicyclic amines) is 1. The first-order valence-electron chi connectivity index (χ1n) is 9.70. The van der Waals surface area contributed by atoms with Gasteiger partial charge in [-0.15, -0.1) is 0 Å². The quantitative estimate of drug-likeness (QED) is 0.692. The van der Waals surface area contributed by atoms with Crippen molar-refractivity contribution >= 4 is 11.7 Å². The molecule has 1 saturated heterocycles. The van der Waals surface area contributed by atoms with Crippen molar-refractivity contribution in [1.82, 2.24) is 20.4 Å². The largest absolute Gasteiger partial charge is 0.337 e. The number of hydrogen-bond acceptors (Lipinski definition) is 6. The summed E-state index contributed by atoms with van der Waals surface area (Å²) in [5.74, 6) is 1.10. The summed E-state index contributed by atoms with van der Waals surface area (Å²) < 4.78 is 5.52. The monoisotopic (exact) mass is 402 g/mol. The molecule has 2 aromatic carbocycles. The van der Waals surface area contributed by atoms with E-state index in [9.17, 15) is 4.79 Å². The average molecular weight is 402 g/mol. The van der Waals surface area contributed by atoms with Gasteiger partial charge in [0.05, 0.1) is 17.7 Å². The highest BCUT2D eigenvalue weighted by atomic mass is 16.5. The molecule has 2 unspecified atom stereocenters. The summed E-state index contributed by atoms with van der Waals surface area (Å²) in [6.45, 7) is 2.70. The van der Waals surface area contributed by atoms with E-state index in [1.54, 1.807) is 24.3 Å². The molecule has 2 amide bonds. The van der Waals surface area contributed by atoms with Crippen molar-refractivity contribution in [3.05, 3.63) is 65.5 Å². The van der Waals surface area contributed by atoms with Crippen LogP contribution in [0, 0.1) is 18.3 Å². The van der Waals surface area contributed by atoms with Crippen LogP contribution in [0.4, 0.5) is 10.5 Å². The Kier molecular flexibility index (Phi) is 5.46. The van der Waals surface area contributed by atoms with Crippen LogP contribution in [0.15, 0.2) is 53.1 Å². The average Bonchev–Trinajstić information content (AvgIpc) is 3.35. The number of nitrogens with zero attached hydrogens (tertiary/aromatic N) is 4. The summed E-state index contributed by atoms with van der Waals surface area (Å²) in [5.41, 5.74) is 3.15. The molecular weight excluding hydrogens is 380 g/mol. The van der Waals surface area contributed by atoms with E-state index in [1.165, 1.54) is 5.56 Å². The van der Waals surface area contributed by atoms with Gasteiger partial charge in [0.2, 0.25) is 11.7 Å². The Bertz CT molecular complexity index is 1090. The van der Waals surface area contributed by atoms with Gasteiger partial charge in [0.15, 0.2) is 0 Å². The lowest BCUT2D eigenvalue weighted by atomic mass is 10.1. The number of urea groups is 1. The Hall–Kier alpha value is -3.70. The molecule has 152 valence electrons. The number of carbonyl (C=O) groups is 1. The second-order valence-corrected chi connectivity index (χ2v) is 7.50. The fourth-order valence-corrected chi connectivity index (χ4v) is 3.60. The Labute approximate surface area is 174 Å². The molecule has 0 aliphatic carbocycles. The minimum Gasteiger partial charge on any atom is -0.337 e. The summed E-state index contributed by atoms with van der Waals surface area (Å²) in [4.78, 5) is 19.0. The van der Waals surface area contributed by atoms with Gasteiger partial charge < -0.3 is 15.2 Å². The normalized spacial score (nSPS) is 18.7. The third-order valence-corrected chi connectivity index (χ3v) is 5.17. The predicted octanol–water partition coefficient (Wildman–Crippen LogP) is 3.48. The fourth-order valence-electron chi connectivity index (χ4n) is 3.60. The van der Waals surface area contributed by atoms with E-state index >= 15 is 0 Å². The molecule has 1 aliphatic heterocycles. The van der Waals surface area contributed by atoms with Gasteiger partial charge in [-0.1, -0.05) is 41.1 Å². The fraction of sp³-hybridized carbons (Fsp3) is 0.273. The molecule has 0 bridgehead atoms. The Balaban J connectivity index is 1.38. The number of hydrogen-bond donors (Lipinski definition) is 2. The van der Waals surface area contributed by atoms with Crippen LogP contribution < -0.4 is 10.6 Å². The third-order valence-electron chi connectivity index (χ3n) is 5.17. The van der Waals surface area contributed by atoms with Crippen LogP contribution >= 0.6 is 0 Å². The van der Waals surface area contributed by atoms with Gasteiger partial charge in [0.25, 0.3) is 0 Å². The Morgan fingerprint density at radius 1 is 1.27 bits per heavy atom. The van der Waals surface area contributed by atoms with E-state index < -0.39 is 0 Å². The first kappa shape index (κ1) is 19.6. The number of rotatable bonds is 4. The zero-order chi connectivity index (χ0) is 21.1. The second-order valence-electron chi connectivity index (χ2n) is 7.50. The molecule has 0 saturated carbocycles. The second kappa shape index (κ2) is 8.35. The highest BCUT2D eigenvalue weighted by Crippen LogP contribution is 2.31. The number of nitriles is 1. The van der Waals surface area contributed by atoms with E-state index in [0.29, 0.717) is 35.9 Å². The standard InChI is InChI=1S/C22H22N6O2/c1-14-6-8-16(9-7-14)20-26-21(30-27-20)19-11-18(13-28(19)2)25-22(29)24-17-5-3-4-15(10-17)12-23/h3-10,18-19H,11,13H2,1-2H3,(H2,24,25,29). The van der Waals surface area contributed by atoms with E-state index in [4.69, 9.17) is 9.78 Å². The molecular formula is C22H22N6O2. The van der Waals surface area contributed by atoms with Crippen LogP contribution in [-0.2, 0) is 0 Å². The van der Waals surface area contributed by atoms with Crippen molar-refractivity contribution in [2.75, 3.05) is 18.9 Å². The Morgan fingerprint density at radius 3 is 2.83 bits per heavy atom. The lowest BCUT2D eigenvalue weighted by molar-refractivity contribution is 0.243. The summed E-state index contributed by atoms with van der Waals surface area (Å²) in [6, 6.07) is 16.4. The molecule has 30 heavy (non-hydrogen) atoms. The number of carbonyl (C=O) groups excluding carboxylic acids is 1. The minimum absolute atomic E-state index is 0.0612. The van der Waals surface area contributed by atoms with Crippen LogP contribution in [0.3, 0.4) is 0 Å². The maximum atomic E-state index is 12.4. The molecule has 8 heteroatoms. The molecule has 3 aromatic rings. The summed E-state index contributed by atoms with van der Waals surface area (Å²) in [6.07, 6.45) is 0.664. The topological polar surface area (TPSA) is 107 Å². The van der Waals surface area contributed by atoms with E-state index in [2.05, 4.69) is 31.7 Å². The first-order valence-corrected chi connectivity index (χ1v) is 9.70. The number of anilines is 1. The van der Waals surface area contributed by atoms with Crippen LogP contribution in [0.2, 0.25) is 0 Å². The molecule has 1 aliphatic rings. The first-order chi connectivity index (χ1) is 14.5. The highest BCUT2D eigenvalue weighted by Gasteiger charge is 2.35. The number of amides is 2. The van der Waals surface area contributed by atoms with Crippen molar-refractivity contribution < 1.29 is 9.32 Å². The highest BCUT2D eigenvalue weighted by molar-refractivity contribution is 5.89. The minimum atomic E-state index is -0.310. The maximum Gasteiger partial charge on any atom is 0.319 e. The zero-order valence-corrected chi connectivity index (χ0v) is 16.8. The smallest absolute Gasteiger partial charge is 0.319 e. The number of aromatic nitrogens is 2. The van der Waals surface area contributed by atoms with Crippen molar-refractivity contribution in [2.24, 2.45) is 0 Å². The van der Waals surface area contributed by atoms with Gasteiger partial charge in [-0.05, 0) is 38.6 Å². The van der Waals surface area contributed by atoms with Gasteiger partial charge in [-0.2, -0.15) is 10.2 Å². The van der Waals surface area contributed by atoms with E-state index in [0.717, 1.165) is 5.56 Å². The van der Waals surface area contributed by atoms with E-state index in [-0.39, 0.29) is 18.1 Å². The zero-order valence-electron chi connectivity index (χ0n) is 16.8. The number of likely N-dealkylation sites (N-methyl/N-ethyl adjacent to an activating group) is 1. The van der Waals surface area contributed by atoms with Crippen LogP contribution in [-0.4, -0.2) is 40.7 Å². The molecule has 4 rings (SSSR count). The molecule has 1 aromatic heterocycles. The van der Waals surface area contributed by atoms with Gasteiger partial charge in [0, 0.05) is 23.8 Å². The number of aryl methyl sites for hydroxylation is 1. The lowest BCUT2D eigenvalue weighted by Crippen LogP contribution is -2.39. The lowest BCUT2D eigenvalue weighted by Gasteiger charge is -2.14. The maximum absolute atomic E-state index is 12.4. The molecule has 2 atom stereocenters. The van der Waals surface area contributed by atoms with Gasteiger partial charge in [-0.3, -0.25) is 4.90 Å². The summed E-state index contributed by atoms with van der Waals surface area (Å²) in [5, 5.41) is 18.8. The van der Waals surface area contributed by atoms with E-state index in [1.807, 2.05) is 38.2 Å². The Morgan fingerprint density at radius 2 is 2.07 bits per heavy atom. The van der Waals surface area contributed by atoms with Crippen molar-refractivity contribution in [3.8, 4) is 17.5 Å². The molecule has 0 spiro atoms. The molecule has 2 heterocycles. The SMILES string of the molecule is Cc1ccc(-c2noc(C3CC(NC(=O)Nc4cccc(C#N)c4)CN3C)n2)cc1. The van der Waals surface area contributed by atoms with Gasteiger partial charge >= 0.3 is 6.03 Å².